The first-order valence-corrected chi connectivity index (χ1v) is 6.95. The maximum Gasteiger partial charge on any atom is 0.274 e. The number of carbonyl (C=O) groups is 1. The molecule has 7 heteroatoms. The molecule has 1 saturated heterocycles. The van der Waals surface area contributed by atoms with Gasteiger partial charge < -0.3 is 10.6 Å². The van der Waals surface area contributed by atoms with E-state index in [-0.39, 0.29) is 30.3 Å². The highest BCUT2D eigenvalue weighted by atomic mass is 35.5. The fraction of sp³-hybridized carbons (Fsp3) is 0.615. The van der Waals surface area contributed by atoms with Crippen LogP contribution in [-0.4, -0.2) is 39.9 Å². The molecule has 2 N–H and O–H groups in total. The van der Waals surface area contributed by atoms with Crippen molar-refractivity contribution in [2.45, 2.75) is 38.6 Å². The number of likely N-dealkylation sites (tertiary alicyclic amines) is 1. The van der Waals surface area contributed by atoms with Gasteiger partial charge in [-0.15, -0.1) is 12.4 Å². The van der Waals surface area contributed by atoms with Crippen LogP contribution in [0.2, 0.25) is 5.02 Å². The van der Waals surface area contributed by atoms with Gasteiger partial charge in [-0.05, 0) is 12.8 Å². The van der Waals surface area contributed by atoms with Crippen molar-refractivity contribution >= 4 is 29.9 Å². The molecule has 0 radical (unpaired) electrons. The van der Waals surface area contributed by atoms with Crippen LogP contribution in [0.4, 0.5) is 0 Å². The molecule has 0 bridgehead atoms. The Labute approximate surface area is 130 Å². The lowest BCUT2D eigenvalue weighted by molar-refractivity contribution is 0.0735. The molecule has 2 heterocycles. The molecule has 1 fully saturated rings. The van der Waals surface area contributed by atoms with Gasteiger partial charge in [0.25, 0.3) is 5.91 Å². The maximum absolute atomic E-state index is 12.5. The fourth-order valence-corrected chi connectivity index (χ4v) is 2.46. The van der Waals surface area contributed by atoms with Crippen LogP contribution < -0.4 is 5.73 Å². The Hall–Kier alpha value is -0.910. The Bertz CT molecular complexity index is 481. The van der Waals surface area contributed by atoms with E-state index in [2.05, 4.69) is 9.97 Å². The van der Waals surface area contributed by atoms with Gasteiger partial charge in [0.15, 0.2) is 5.69 Å². The number of rotatable bonds is 3. The minimum absolute atomic E-state index is 0. The summed E-state index contributed by atoms with van der Waals surface area (Å²) in [5.74, 6) is 0.659. The first-order valence-electron chi connectivity index (χ1n) is 6.58. The molecule has 1 aromatic rings. The van der Waals surface area contributed by atoms with Crippen molar-refractivity contribution in [2.75, 3.05) is 13.1 Å². The molecule has 1 aliphatic heterocycles. The molecule has 1 aliphatic rings. The van der Waals surface area contributed by atoms with Gasteiger partial charge >= 0.3 is 0 Å². The number of carbonyl (C=O) groups excluding carboxylic acids is 1. The first kappa shape index (κ1) is 17.1. The SMILES string of the molecule is CC(C)c1ncc(Cl)c(C(=O)N2CCCC2CN)n1.Cl. The highest BCUT2D eigenvalue weighted by molar-refractivity contribution is 6.33. The predicted octanol–water partition coefficient (Wildman–Crippen LogP) is 2.24. The topological polar surface area (TPSA) is 72.1 Å². The first-order chi connectivity index (χ1) is 9.04. The Morgan fingerprint density at radius 1 is 1.60 bits per heavy atom. The van der Waals surface area contributed by atoms with Crippen LogP contribution in [0.1, 0.15) is 48.9 Å². The fourth-order valence-electron chi connectivity index (χ4n) is 2.29. The van der Waals surface area contributed by atoms with Crippen LogP contribution in [0.3, 0.4) is 0 Å². The van der Waals surface area contributed by atoms with Gasteiger partial charge in [0.05, 0.1) is 11.2 Å². The lowest BCUT2D eigenvalue weighted by Gasteiger charge is -2.23. The van der Waals surface area contributed by atoms with Crippen LogP contribution in [0.5, 0.6) is 0 Å². The van der Waals surface area contributed by atoms with Crippen LogP contribution in [0, 0.1) is 0 Å². The summed E-state index contributed by atoms with van der Waals surface area (Å²) in [6, 6.07) is 0.0982. The monoisotopic (exact) mass is 318 g/mol. The van der Waals surface area contributed by atoms with Crippen molar-refractivity contribution in [3.8, 4) is 0 Å². The van der Waals surface area contributed by atoms with E-state index in [1.54, 1.807) is 4.90 Å². The Morgan fingerprint density at radius 3 is 2.90 bits per heavy atom. The van der Waals surface area contributed by atoms with Crippen molar-refractivity contribution < 1.29 is 4.79 Å². The molecule has 1 atom stereocenters. The molecule has 0 aromatic carbocycles. The summed E-state index contributed by atoms with van der Waals surface area (Å²) >= 11 is 6.06. The number of halogens is 2. The molecule has 20 heavy (non-hydrogen) atoms. The van der Waals surface area contributed by atoms with Gasteiger partial charge in [0, 0.05) is 25.0 Å². The molecule has 0 saturated carbocycles. The van der Waals surface area contributed by atoms with Crippen molar-refractivity contribution in [2.24, 2.45) is 5.73 Å². The number of hydrogen-bond donors (Lipinski definition) is 1. The van der Waals surface area contributed by atoms with Gasteiger partial charge in [-0.2, -0.15) is 0 Å². The number of amides is 1. The standard InChI is InChI=1S/C13H19ClN4O.ClH/c1-8(2)12-16-7-10(14)11(17-12)13(19)18-5-3-4-9(18)6-15;/h7-9H,3-6,15H2,1-2H3;1H. The van der Waals surface area contributed by atoms with Crippen LogP contribution >= 0.6 is 24.0 Å². The smallest absolute Gasteiger partial charge is 0.274 e. The second-order valence-electron chi connectivity index (χ2n) is 5.11. The lowest BCUT2D eigenvalue weighted by atomic mass is 10.2. The maximum atomic E-state index is 12.5. The second kappa shape index (κ2) is 7.20. The minimum Gasteiger partial charge on any atom is -0.333 e. The van der Waals surface area contributed by atoms with Crippen LogP contribution in [0.15, 0.2) is 6.20 Å². The summed E-state index contributed by atoms with van der Waals surface area (Å²) in [5, 5.41) is 0.303. The summed E-state index contributed by atoms with van der Waals surface area (Å²) in [6.07, 6.45) is 3.43. The van der Waals surface area contributed by atoms with E-state index < -0.39 is 0 Å². The van der Waals surface area contributed by atoms with Crippen LogP contribution in [0.25, 0.3) is 0 Å². The summed E-state index contributed by atoms with van der Waals surface area (Å²) in [5.41, 5.74) is 5.99. The average Bonchev–Trinajstić information content (AvgIpc) is 2.86. The molecule has 1 amide bonds. The number of aromatic nitrogens is 2. The zero-order chi connectivity index (χ0) is 14.0. The minimum atomic E-state index is -0.137. The Kier molecular flexibility index (Phi) is 6.17. The van der Waals surface area contributed by atoms with Crippen molar-refractivity contribution in [3.05, 3.63) is 22.7 Å². The highest BCUT2D eigenvalue weighted by Gasteiger charge is 2.30. The quantitative estimate of drug-likeness (QED) is 0.927. The third kappa shape index (κ3) is 3.40. The zero-order valence-electron chi connectivity index (χ0n) is 11.7. The molecule has 1 aromatic heterocycles. The van der Waals surface area contributed by atoms with E-state index in [0.29, 0.717) is 23.1 Å². The number of hydrogen-bond acceptors (Lipinski definition) is 4. The second-order valence-corrected chi connectivity index (χ2v) is 5.52. The zero-order valence-corrected chi connectivity index (χ0v) is 13.2. The van der Waals surface area contributed by atoms with Crippen molar-refractivity contribution in [1.29, 1.82) is 0 Å². The summed E-state index contributed by atoms with van der Waals surface area (Å²) in [7, 11) is 0. The predicted molar refractivity (Wildman–Crippen MR) is 81.5 cm³/mol. The molecule has 0 aliphatic carbocycles. The Balaban J connectivity index is 0.00000200. The molecular formula is C13H20Cl2N4O. The van der Waals surface area contributed by atoms with Crippen molar-refractivity contribution in [1.82, 2.24) is 14.9 Å². The van der Waals surface area contributed by atoms with E-state index in [1.165, 1.54) is 6.20 Å². The van der Waals surface area contributed by atoms with Gasteiger partial charge in [-0.1, -0.05) is 25.4 Å². The van der Waals surface area contributed by atoms with E-state index in [1.807, 2.05) is 13.8 Å². The molecular weight excluding hydrogens is 299 g/mol. The van der Waals surface area contributed by atoms with E-state index in [4.69, 9.17) is 17.3 Å². The normalized spacial score (nSPS) is 18.2. The van der Waals surface area contributed by atoms with Crippen molar-refractivity contribution in [3.63, 3.8) is 0 Å². The molecule has 5 nitrogen and oxygen atoms in total. The molecule has 112 valence electrons. The van der Waals surface area contributed by atoms with E-state index in [9.17, 15) is 4.79 Å². The highest BCUT2D eigenvalue weighted by Crippen LogP contribution is 2.23. The van der Waals surface area contributed by atoms with E-state index >= 15 is 0 Å². The summed E-state index contributed by atoms with van der Waals surface area (Å²) in [4.78, 5) is 22.7. The average molecular weight is 319 g/mol. The van der Waals surface area contributed by atoms with Gasteiger partial charge in [0.1, 0.15) is 5.82 Å². The summed E-state index contributed by atoms with van der Waals surface area (Å²) in [6.45, 7) is 5.16. The number of nitrogens with zero attached hydrogens (tertiary/aromatic N) is 3. The van der Waals surface area contributed by atoms with E-state index in [0.717, 1.165) is 19.4 Å². The lowest BCUT2D eigenvalue weighted by Crippen LogP contribution is -2.40. The largest absolute Gasteiger partial charge is 0.333 e. The molecule has 2 rings (SSSR count). The van der Waals surface area contributed by atoms with Crippen LogP contribution in [-0.2, 0) is 0 Å². The van der Waals surface area contributed by atoms with Gasteiger partial charge in [0.2, 0.25) is 0 Å². The summed E-state index contributed by atoms with van der Waals surface area (Å²) < 4.78 is 0. The van der Waals surface area contributed by atoms with Gasteiger partial charge in [-0.3, -0.25) is 4.79 Å². The molecule has 1 unspecified atom stereocenters. The number of nitrogens with two attached hydrogens (primary N) is 1. The molecule has 0 spiro atoms. The third-order valence-electron chi connectivity index (χ3n) is 3.39. The Morgan fingerprint density at radius 2 is 2.30 bits per heavy atom. The third-order valence-corrected chi connectivity index (χ3v) is 3.67. The van der Waals surface area contributed by atoms with Gasteiger partial charge in [-0.25, -0.2) is 9.97 Å².